The molecule has 1 aliphatic heterocycles. The summed E-state index contributed by atoms with van der Waals surface area (Å²) in [5.74, 6) is 2.09. The van der Waals surface area contributed by atoms with Gasteiger partial charge in [-0.2, -0.15) is 4.98 Å². The first-order chi connectivity index (χ1) is 8.81. The van der Waals surface area contributed by atoms with E-state index in [0.717, 1.165) is 56.9 Å². The molecular formula is C13H21N3O2. The zero-order valence-corrected chi connectivity index (χ0v) is 10.9. The maximum Gasteiger partial charge on any atom is 0.229 e. The van der Waals surface area contributed by atoms with Gasteiger partial charge in [-0.05, 0) is 45.2 Å². The minimum atomic E-state index is -0.0298. The van der Waals surface area contributed by atoms with Crippen LogP contribution in [-0.4, -0.2) is 35.9 Å². The van der Waals surface area contributed by atoms with Crippen molar-refractivity contribution in [3.05, 3.63) is 11.7 Å². The standard InChI is InChI=1S/C13H21N3O2/c1-17-13(5-2-6-13)9-11-15-12(16-18-11)10-3-7-14-8-4-10/h10,14H,2-9H2,1H3. The van der Waals surface area contributed by atoms with E-state index in [0.29, 0.717) is 5.92 Å². The summed E-state index contributed by atoms with van der Waals surface area (Å²) in [6.45, 7) is 2.10. The summed E-state index contributed by atoms with van der Waals surface area (Å²) in [7, 11) is 1.78. The van der Waals surface area contributed by atoms with Crippen molar-refractivity contribution in [1.82, 2.24) is 15.5 Å². The van der Waals surface area contributed by atoms with Crippen LogP contribution in [0.1, 0.15) is 49.7 Å². The number of ether oxygens (including phenoxy) is 1. The van der Waals surface area contributed by atoms with E-state index in [9.17, 15) is 0 Å². The van der Waals surface area contributed by atoms with Gasteiger partial charge in [-0.3, -0.25) is 0 Å². The molecule has 1 aliphatic carbocycles. The van der Waals surface area contributed by atoms with Gasteiger partial charge < -0.3 is 14.6 Å². The third-order valence-electron chi connectivity index (χ3n) is 4.36. The van der Waals surface area contributed by atoms with Gasteiger partial charge in [-0.25, -0.2) is 0 Å². The molecule has 100 valence electrons. The van der Waals surface area contributed by atoms with Crippen molar-refractivity contribution in [3.63, 3.8) is 0 Å². The molecule has 2 heterocycles. The molecule has 0 atom stereocenters. The van der Waals surface area contributed by atoms with Gasteiger partial charge >= 0.3 is 0 Å². The van der Waals surface area contributed by atoms with E-state index in [2.05, 4.69) is 15.5 Å². The number of aromatic nitrogens is 2. The fourth-order valence-electron chi connectivity index (χ4n) is 2.89. The molecule has 0 amide bonds. The summed E-state index contributed by atoms with van der Waals surface area (Å²) >= 11 is 0. The van der Waals surface area contributed by atoms with Crippen molar-refractivity contribution >= 4 is 0 Å². The molecule has 1 saturated heterocycles. The molecule has 3 rings (SSSR count). The lowest BCUT2D eigenvalue weighted by molar-refractivity contribution is -0.0751. The molecule has 0 radical (unpaired) electrons. The minimum absolute atomic E-state index is 0.0298. The lowest BCUT2D eigenvalue weighted by Gasteiger charge is -2.39. The maximum atomic E-state index is 5.59. The first-order valence-electron chi connectivity index (χ1n) is 6.90. The Hall–Kier alpha value is -0.940. The molecule has 5 nitrogen and oxygen atoms in total. The maximum absolute atomic E-state index is 5.59. The van der Waals surface area contributed by atoms with Crippen LogP contribution in [0.4, 0.5) is 0 Å². The molecule has 2 fully saturated rings. The van der Waals surface area contributed by atoms with Gasteiger partial charge in [0.2, 0.25) is 5.89 Å². The van der Waals surface area contributed by atoms with Gasteiger partial charge in [-0.1, -0.05) is 5.16 Å². The number of piperidine rings is 1. The topological polar surface area (TPSA) is 60.2 Å². The van der Waals surface area contributed by atoms with Crippen LogP contribution in [0.15, 0.2) is 4.52 Å². The first-order valence-corrected chi connectivity index (χ1v) is 6.90. The molecule has 1 aromatic heterocycles. The van der Waals surface area contributed by atoms with Crippen molar-refractivity contribution in [2.75, 3.05) is 20.2 Å². The summed E-state index contributed by atoms with van der Waals surface area (Å²) in [5.41, 5.74) is -0.0298. The van der Waals surface area contributed by atoms with Crippen molar-refractivity contribution in [2.45, 2.75) is 50.0 Å². The fraction of sp³-hybridized carbons (Fsp3) is 0.846. The van der Waals surface area contributed by atoms with E-state index in [-0.39, 0.29) is 5.60 Å². The molecule has 0 aromatic carbocycles. The highest BCUT2D eigenvalue weighted by molar-refractivity contribution is 5.02. The van der Waals surface area contributed by atoms with Crippen molar-refractivity contribution in [2.24, 2.45) is 0 Å². The minimum Gasteiger partial charge on any atom is -0.378 e. The van der Waals surface area contributed by atoms with Gasteiger partial charge in [0.15, 0.2) is 5.82 Å². The van der Waals surface area contributed by atoms with Crippen molar-refractivity contribution < 1.29 is 9.26 Å². The largest absolute Gasteiger partial charge is 0.378 e. The molecule has 18 heavy (non-hydrogen) atoms. The van der Waals surface area contributed by atoms with Crippen LogP contribution < -0.4 is 5.32 Å². The monoisotopic (exact) mass is 251 g/mol. The summed E-state index contributed by atoms with van der Waals surface area (Å²) in [4.78, 5) is 4.56. The number of methoxy groups -OCH3 is 1. The molecule has 5 heteroatoms. The van der Waals surface area contributed by atoms with E-state index in [1.807, 2.05) is 0 Å². The van der Waals surface area contributed by atoms with Crippen LogP contribution in [0, 0.1) is 0 Å². The number of hydrogen-bond donors (Lipinski definition) is 1. The average Bonchev–Trinajstić information content (AvgIpc) is 2.83. The van der Waals surface area contributed by atoms with Gasteiger partial charge in [0.05, 0.1) is 12.0 Å². The van der Waals surface area contributed by atoms with Gasteiger partial charge in [-0.15, -0.1) is 0 Å². The molecule has 2 aliphatic rings. The normalized spacial score (nSPS) is 23.8. The van der Waals surface area contributed by atoms with Crippen LogP contribution in [0.25, 0.3) is 0 Å². The zero-order chi connectivity index (χ0) is 12.4. The molecule has 0 unspecified atom stereocenters. The number of hydrogen-bond acceptors (Lipinski definition) is 5. The average molecular weight is 251 g/mol. The highest BCUT2D eigenvalue weighted by Gasteiger charge is 2.39. The van der Waals surface area contributed by atoms with Crippen LogP contribution >= 0.6 is 0 Å². The lowest BCUT2D eigenvalue weighted by Crippen LogP contribution is -2.41. The van der Waals surface area contributed by atoms with Crippen LogP contribution in [0.3, 0.4) is 0 Å². The fourth-order valence-corrected chi connectivity index (χ4v) is 2.89. The Kier molecular flexibility index (Phi) is 3.35. The van der Waals surface area contributed by atoms with Gasteiger partial charge in [0, 0.05) is 13.0 Å². The van der Waals surface area contributed by atoms with Gasteiger partial charge in [0.1, 0.15) is 0 Å². The molecule has 0 bridgehead atoms. The Balaban J connectivity index is 1.65. The van der Waals surface area contributed by atoms with Gasteiger partial charge in [0.25, 0.3) is 0 Å². The predicted molar refractivity (Wildman–Crippen MR) is 66.4 cm³/mol. The van der Waals surface area contributed by atoms with Crippen LogP contribution in [-0.2, 0) is 11.2 Å². The van der Waals surface area contributed by atoms with Crippen LogP contribution in [0.5, 0.6) is 0 Å². The first kappa shape index (κ1) is 12.1. The molecule has 0 spiro atoms. The molecule has 1 saturated carbocycles. The second-order valence-electron chi connectivity index (χ2n) is 5.49. The second-order valence-corrected chi connectivity index (χ2v) is 5.49. The SMILES string of the molecule is COC1(Cc2nc(C3CCNCC3)no2)CCC1. The molecular weight excluding hydrogens is 230 g/mol. The Morgan fingerprint density at radius 2 is 2.17 bits per heavy atom. The summed E-state index contributed by atoms with van der Waals surface area (Å²) in [6, 6.07) is 0. The summed E-state index contributed by atoms with van der Waals surface area (Å²) in [6.07, 6.45) is 6.43. The number of rotatable bonds is 4. The van der Waals surface area contributed by atoms with E-state index in [1.165, 1.54) is 6.42 Å². The quantitative estimate of drug-likeness (QED) is 0.881. The van der Waals surface area contributed by atoms with Crippen molar-refractivity contribution in [1.29, 1.82) is 0 Å². The van der Waals surface area contributed by atoms with Crippen LogP contribution in [0.2, 0.25) is 0 Å². The van der Waals surface area contributed by atoms with E-state index in [4.69, 9.17) is 9.26 Å². The van der Waals surface area contributed by atoms with Crippen molar-refractivity contribution in [3.8, 4) is 0 Å². The Morgan fingerprint density at radius 3 is 2.78 bits per heavy atom. The second kappa shape index (κ2) is 4.97. The Labute approximate surface area is 107 Å². The summed E-state index contributed by atoms with van der Waals surface area (Å²) < 4.78 is 11.0. The number of nitrogens with zero attached hydrogens (tertiary/aromatic N) is 2. The third kappa shape index (κ3) is 2.29. The Bertz CT molecular complexity index is 389. The van der Waals surface area contributed by atoms with E-state index < -0.39 is 0 Å². The highest BCUT2D eigenvalue weighted by Crippen LogP contribution is 2.37. The zero-order valence-electron chi connectivity index (χ0n) is 10.9. The smallest absolute Gasteiger partial charge is 0.229 e. The molecule has 1 N–H and O–H groups in total. The predicted octanol–water partition coefficient (Wildman–Crippen LogP) is 1.65. The Morgan fingerprint density at radius 1 is 1.39 bits per heavy atom. The lowest BCUT2D eigenvalue weighted by atomic mass is 9.77. The van der Waals surface area contributed by atoms with E-state index >= 15 is 0 Å². The molecule has 1 aromatic rings. The summed E-state index contributed by atoms with van der Waals surface area (Å²) in [5, 5.41) is 7.50. The third-order valence-corrected chi connectivity index (χ3v) is 4.36. The van der Waals surface area contributed by atoms with E-state index in [1.54, 1.807) is 7.11 Å². The number of nitrogens with one attached hydrogen (secondary N) is 1. The highest BCUT2D eigenvalue weighted by atomic mass is 16.5.